The molecular weight excluding hydrogens is 369 g/mol. The minimum atomic E-state index is -4.99. The number of phenolic OH excluding ortho intramolecular Hbond substituents is 1. The summed E-state index contributed by atoms with van der Waals surface area (Å²) in [7, 11) is -2.94. The first kappa shape index (κ1) is 19.0. The summed E-state index contributed by atoms with van der Waals surface area (Å²) >= 11 is 0. The SMILES string of the molecule is CN1CC[C@]23c4c5ccc(O)c4O[C@H]2C(O)(S(=O)(=O)[O-])CC[C@H]3[C@H]1C5.[Na+]. The first-order valence-electron chi connectivity index (χ1n) is 8.60. The monoisotopic (exact) mass is 389 g/mol. The number of hydrogen-bond donors (Lipinski definition) is 2. The van der Waals surface area contributed by atoms with Crippen LogP contribution in [0.4, 0.5) is 0 Å². The van der Waals surface area contributed by atoms with E-state index in [4.69, 9.17) is 4.74 Å². The first-order chi connectivity index (χ1) is 11.7. The molecule has 2 aliphatic carbocycles. The van der Waals surface area contributed by atoms with Crippen molar-refractivity contribution in [3.05, 3.63) is 23.3 Å². The number of rotatable bonds is 1. The Morgan fingerprint density at radius 1 is 1.35 bits per heavy atom. The fourth-order valence-corrected chi connectivity index (χ4v) is 6.87. The van der Waals surface area contributed by atoms with Crippen LogP contribution < -0.4 is 34.3 Å². The van der Waals surface area contributed by atoms with E-state index in [0.717, 1.165) is 24.1 Å². The number of aliphatic hydroxyl groups is 1. The van der Waals surface area contributed by atoms with Crippen molar-refractivity contribution >= 4 is 10.1 Å². The van der Waals surface area contributed by atoms with E-state index in [1.165, 1.54) is 0 Å². The van der Waals surface area contributed by atoms with E-state index in [1.54, 1.807) is 6.07 Å². The van der Waals surface area contributed by atoms with Crippen LogP contribution in [0.2, 0.25) is 0 Å². The summed E-state index contributed by atoms with van der Waals surface area (Å²) in [5.74, 6) is 0.276. The third-order valence-corrected chi connectivity index (χ3v) is 8.33. The summed E-state index contributed by atoms with van der Waals surface area (Å²) < 4.78 is 41.8. The number of hydrogen-bond acceptors (Lipinski definition) is 7. The van der Waals surface area contributed by atoms with Crippen molar-refractivity contribution in [2.75, 3.05) is 13.6 Å². The third kappa shape index (κ3) is 2.01. The van der Waals surface area contributed by atoms with Crippen molar-refractivity contribution in [3.8, 4) is 11.5 Å². The van der Waals surface area contributed by atoms with Gasteiger partial charge >= 0.3 is 29.6 Å². The number of aromatic hydroxyl groups is 1. The summed E-state index contributed by atoms with van der Waals surface area (Å²) in [5, 5.41) is 21.2. The fourth-order valence-electron chi connectivity index (χ4n) is 5.98. The molecule has 0 amide bonds. The van der Waals surface area contributed by atoms with Gasteiger partial charge in [0.25, 0.3) is 0 Å². The van der Waals surface area contributed by atoms with Crippen molar-refractivity contribution < 1.29 is 57.5 Å². The maximum Gasteiger partial charge on any atom is 1.00 e. The molecule has 2 fully saturated rings. The van der Waals surface area contributed by atoms with E-state index in [-0.39, 0.29) is 59.4 Å². The number of benzene rings is 1. The summed E-state index contributed by atoms with van der Waals surface area (Å²) in [6.07, 6.45) is 0.534. The van der Waals surface area contributed by atoms with Crippen LogP contribution in [0.25, 0.3) is 0 Å². The van der Waals surface area contributed by atoms with Crippen molar-refractivity contribution in [1.82, 2.24) is 4.90 Å². The molecule has 1 saturated heterocycles. The second-order valence-electron chi connectivity index (χ2n) is 7.93. The van der Waals surface area contributed by atoms with Crippen LogP contribution in [-0.4, -0.2) is 58.8 Å². The van der Waals surface area contributed by atoms with Gasteiger partial charge in [0.15, 0.2) is 22.5 Å². The van der Waals surface area contributed by atoms with Gasteiger partial charge in [0.05, 0.1) is 0 Å². The van der Waals surface area contributed by atoms with E-state index < -0.39 is 26.6 Å². The molecule has 5 rings (SSSR count). The topological polar surface area (TPSA) is 110 Å². The molecule has 1 unspecified atom stereocenters. The van der Waals surface area contributed by atoms with Gasteiger partial charge in [-0.1, -0.05) is 6.07 Å². The van der Waals surface area contributed by atoms with Gasteiger partial charge in [-0.05, 0) is 56.8 Å². The number of ether oxygens (including phenoxy) is 1. The molecule has 7 nitrogen and oxygen atoms in total. The molecule has 4 aliphatic rings. The molecule has 2 bridgehead atoms. The Morgan fingerprint density at radius 3 is 2.77 bits per heavy atom. The van der Waals surface area contributed by atoms with Crippen molar-refractivity contribution in [1.29, 1.82) is 0 Å². The van der Waals surface area contributed by atoms with Crippen molar-refractivity contribution in [2.24, 2.45) is 5.92 Å². The average Bonchev–Trinajstić information content (AvgIpc) is 2.90. The largest absolute Gasteiger partial charge is 1.00 e. The van der Waals surface area contributed by atoms with Crippen LogP contribution in [0.15, 0.2) is 12.1 Å². The molecular formula is C17H20NNaO6S. The maximum absolute atomic E-state index is 12.0. The Bertz CT molecular complexity index is 891. The Morgan fingerprint density at radius 2 is 2.08 bits per heavy atom. The zero-order valence-corrected chi connectivity index (χ0v) is 17.6. The standard InChI is InChI=1S/C17H21NO6S.Na/c1-18-7-6-16-10-4-5-17(20,25(21,22)23)15(16)24-14-12(19)3-2-9(13(14)16)8-11(10)18;/h2-3,10-11,15,19-20H,4-8H2,1H3,(H,21,22,23);/q;+1/p-1/t10-,11+,15+,16-,17?;/m0./s1. The fraction of sp³-hybridized carbons (Fsp3) is 0.647. The number of piperidine rings is 1. The van der Waals surface area contributed by atoms with Gasteiger partial charge < -0.3 is 24.4 Å². The van der Waals surface area contributed by atoms with Crippen LogP contribution in [0.3, 0.4) is 0 Å². The van der Waals surface area contributed by atoms with E-state index in [0.29, 0.717) is 12.8 Å². The minimum Gasteiger partial charge on any atom is -0.746 e. The predicted molar refractivity (Wildman–Crippen MR) is 86.3 cm³/mol. The number of likely N-dealkylation sites (N-methyl/N-ethyl adjacent to an activating group) is 1. The summed E-state index contributed by atoms with van der Waals surface area (Å²) in [6, 6.07) is 3.61. The molecule has 5 atom stereocenters. The van der Waals surface area contributed by atoms with Gasteiger partial charge in [-0.3, -0.25) is 0 Å². The molecule has 26 heavy (non-hydrogen) atoms. The van der Waals surface area contributed by atoms with Gasteiger partial charge in [0.2, 0.25) is 0 Å². The zero-order chi connectivity index (χ0) is 17.8. The quantitative estimate of drug-likeness (QED) is 0.397. The zero-order valence-electron chi connectivity index (χ0n) is 14.8. The van der Waals surface area contributed by atoms with Gasteiger partial charge in [0.1, 0.15) is 10.1 Å². The van der Waals surface area contributed by atoms with Crippen LogP contribution in [0.5, 0.6) is 11.5 Å². The molecule has 2 aliphatic heterocycles. The first-order valence-corrected chi connectivity index (χ1v) is 10.0. The molecule has 0 aromatic heterocycles. The van der Waals surface area contributed by atoms with Crippen LogP contribution >= 0.6 is 0 Å². The normalized spacial score (nSPS) is 40.3. The Kier molecular flexibility index (Phi) is 4.08. The molecule has 1 aromatic carbocycles. The molecule has 2 heterocycles. The molecule has 136 valence electrons. The average molecular weight is 389 g/mol. The van der Waals surface area contributed by atoms with E-state index in [9.17, 15) is 23.2 Å². The van der Waals surface area contributed by atoms with Gasteiger partial charge in [0, 0.05) is 17.0 Å². The number of phenols is 1. The number of likely N-dealkylation sites (tertiary alicyclic amines) is 1. The Labute approximate surface area is 174 Å². The van der Waals surface area contributed by atoms with Crippen LogP contribution in [-0.2, 0) is 22.0 Å². The van der Waals surface area contributed by atoms with E-state index >= 15 is 0 Å². The summed E-state index contributed by atoms with van der Waals surface area (Å²) in [6.45, 7) is 0.727. The second kappa shape index (κ2) is 5.59. The summed E-state index contributed by atoms with van der Waals surface area (Å²) in [5.41, 5.74) is 1.09. The second-order valence-corrected chi connectivity index (χ2v) is 9.55. The minimum absolute atomic E-state index is 0. The van der Waals surface area contributed by atoms with E-state index in [2.05, 4.69) is 11.9 Å². The molecule has 0 radical (unpaired) electrons. The Balaban J connectivity index is 0.00000168. The van der Waals surface area contributed by atoms with Crippen molar-refractivity contribution in [2.45, 2.75) is 48.2 Å². The summed E-state index contributed by atoms with van der Waals surface area (Å²) in [4.78, 5) is -0.194. The van der Waals surface area contributed by atoms with Crippen LogP contribution in [0.1, 0.15) is 30.4 Å². The smallest absolute Gasteiger partial charge is 0.746 e. The van der Waals surface area contributed by atoms with Gasteiger partial charge in [-0.15, -0.1) is 0 Å². The predicted octanol–water partition coefficient (Wildman–Crippen LogP) is -2.70. The van der Waals surface area contributed by atoms with E-state index in [1.807, 2.05) is 6.07 Å². The van der Waals surface area contributed by atoms with Crippen molar-refractivity contribution in [3.63, 3.8) is 0 Å². The molecule has 1 aromatic rings. The molecule has 2 N–H and O–H groups in total. The maximum atomic E-state index is 12.0. The van der Waals surface area contributed by atoms with Crippen LogP contribution in [0, 0.1) is 5.92 Å². The molecule has 1 saturated carbocycles. The van der Waals surface area contributed by atoms with Gasteiger partial charge in [-0.25, -0.2) is 8.42 Å². The molecule has 1 spiro atoms. The molecule has 9 heteroatoms. The van der Waals surface area contributed by atoms with Gasteiger partial charge in [-0.2, -0.15) is 0 Å². The number of nitrogens with zero attached hydrogens (tertiary/aromatic N) is 1. The Hall–Kier alpha value is -0.350. The third-order valence-electron chi connectivity index (χ3n) is 7.05.